The minimum Gasteiger partial charge on any atom is -0.392 e. The zero-order valence-electron chi connectivity index (χ0n) is 12.0. The molecule has 2 aliphatic rings. The number of fused-ring (bicyclic) bond motifs is 1. The second-order valence-electron chi connectivity index (χ2n) is 5.80. The molecule has 2 fully saturated rings. The Hall–Kier alpha value is -0.970. The van der Waals surface area contributed by atoms with Crippen LogP contribution in [0.2, 0.25) is 0 Å². The lowest BCUT2D eigenvalue weighted by Crippen LogP contribution is -2.17. The summed E-state index contributed by atoms with van der Waals surface area (Å²) in [5.41, 5.74) is 0.696. The van der Waals surface area contributed by atoms with E-state index in [9.17, 15) is 15.0 Å². The van der Waals surface area contributed by atoms with Gasteiger partial charge in [0.05, 0.1) is 18.8 Å². The Morgan fingerprint density at radius 3 is 3.00 bits per heavy atom. The molecule has 0 amide bonds. The maximum Gasteiger partial charge on any atom is 0.161 e. The Bertz CT molecular complexity index is 401. The van der Waals surface area contributed by atoms with Gasteiger partial charge in [-0.2, -0.15) is 0 Å². The molecule has 2 N–H and O–H groups in total. The van der Waals surface area contributed by atoms with Crippen LogP contribution in [0.1, 0.15) is 26.2 Å². The average molecular weight is 280 g/mol. The van der Waals surface area contributed by atoms with Crippen molar-refractivity contribution >= 4 is 5.78 Å². The third-order valence-electron chi connectivity index (χ3n) is 4.40. The molecule has 0 heterocycles. The number of rotatable bonds is 6. The van der Waals surface area contributed by atoms with Crippen LogP contribution >= 0.6 is 0 Å². The number of hydrogen-bond donors (Lipinski definition) is 2. The van der Waals surface area contributed by atoms with E-state index in [-0.39, 0.29) is 23.5 Å². The molecule has 20 heavy (non-hydrogen) atoms. The Morgan fingerprint density at radius 2 is 2.30 bits per heavy atom. The van der Waals surface area contributed by atoms with E-state index in [0.717, 1.165) is 0 Å². The maximum atomic E-state index is 11.9. The summed E-state index contributed by atoms with van der Waals surface area (Å²) in [5.74, 6) is 0.259. The quantitative estimate of drug-likeness (QED) is 0.571. The van der Waals surface area contributed by atoms with Gasteiger partial charge in [-0.3, -0.25) is 4.79 Å². The van der Waals surface area contributed by atoms with Crippen LogP contribution in [0.3, 0.4) is 0 Å². The highest BCUT2D eigenvalue weighted by molar-refractivity contribution is 5.99. The van der Waals surface area contributed by atoms with Crippen LogP contribution in [-0.2, 0) is 9.53 Å². The van der Waals surface area contributed by atoms with Crippen molar-refractivity contribution in [2.45, 2.75) is 38.4 Å². The number of carbonyl (C=O) groups is 1. The molecule has 2 aliphatic carbocycles. The van der Waals surface area contributed by atoms with E-state index in [2.05, 4.69) is 6.58 Å². The summed E-state index contributed by atoms with van der Waals surface area (Å²) < 4.78 is 5.15. The molecule has 1 unspecified atom stereocenters. The molecule has 0 aromatic rings. The van der Waals surface area contributed by atoms with E-state index in [1.807, 2.05) is 19.1 Å². The Kier molecular flexibility index (Phi) is 5.13. The van der Waals surface area contributed by atoms with E-state index in [0.29, 0.717) is 38.0 Å². The van der Waals surface area contributed by atoms with E-state index in [4.69, 9.17) is 4.74 Å². The predicted octanol–water partition coefficient (Wildman–Crippen LogP) is 1.47. The molecule has 0 radical (unpaired) electrons. The second kappa shape index (κ2) is 6.66. The molecule has 0 bridgehead atoms. The van der Waals surface area contributed by atoms with Gasteiger partial charge in [-0.15, -0.1) is 0 Å². The lowest BCUT2D eigenvalue weighted by atomic mass is 9.90. The number of ether oxygens (including phenoxy) is 1. The third-order valence-corrected chi connectivity index (χ3v) is 4.40. The van der Waals surface area contributed by atoms with E-state index in [1.165, 1.54) is 0 Å². The molecule has 0 aromatic heterocycles. The summed E-state index contributed by atoms with van der Waals surface area (Å²) >= 11 is 0. The molecule has 4 nitrogen and oxygen atoms in total. The van der Waals surface area contributed by atoms with Gasteiger partial charge in [-0.25, -0.2) is 0 Å². The van der Waals surface area contributed by atoms with Crippen molar-refractivity contribution in [3.8, 4) is 0 Å². The fraction of sp³-hybridized carbons (Fsp3) is 0.688. The SMILES string of the molecule is C=C1C[C@H]2[C@H](C=CCC(O)COCC)[C@H](O)C[C@@H]2C1=O. The molecule has 112 valence electrons. The van der Waals surface area contributed by atoms with Crippen LogP contribution in [0.25, 0.3) is 0 Å². The first-order valence-corrected chi connectivity index (χ1v) is 7.37. The molecular formula is C16H24O4. The number of allylic oxidation sites excluding steroid dienone is 1. The summed E-state index contributed by atoms with van der Waals surface area (Å²) in [5, 5.41) is 19.8. The van der Waals surface area contributed by atoms with Crippen LogP contribution in [0.5, 0.6) is 0 Å². The van der Waals surface area contributed by atoms with Gasteiger partial charge in [0.15, 0.2) is 5.78 Å². The molecule has 0 aliphatic heterocycles. The van der Waals surface area contributed by atoms with Gasteiger partial charge in [-0.1, -0.05) is 18.7 Å². The summed E-state index contributed by atoms with van der Waals surface area (Å²) in [6.45, 7) is 6.62. The highest BCUT2D eigenvalue weighted by atomic mass is 16.5. The Labute approximate surface area is 120 Å². The number of aliphatic hydroxyl groups is 2. The van der Waals surface area contributed by atoms with Gasteiger partial charge in [0.2, 0.25) is 0 Å². The molecule has 0 spiro atoms. The standard InChI is InChI=1S/C16H24O4/c1-3-20-9-11(17)5-4-6-12-13-7-10(2)16(19)14(13)8-15(12)18/h4,6,11-15,17-18H,2-3,5,7-9H2,1H3/t11?,12-,13-,14-,15+/m0/s1. The minimum absolute atomic E-state index is 0.00231. The monoisotopic (exact) mass is 280 g/mol. The first-order valence-electron chi connectivity index (χ1n) is 7.37. The zero-order valence-corrected chi connectivity index (χ0v) is 12.0. The van der Waals surface area contributed by atoms with Crippen molar-refractivity contribution in [1.29, 1.82) is 0 Å². The fourth-order valence-corrected chi connectivity index (χ4v) is 3.36. The normalized spacial score (nSPS) is 35.0. The highest BCUT2D eigenvalue weighted by Gasteiger charge is 2.49. The van der Waals surface area contributed by atoms with Gasteiger partial charge in [0.1, 0.15) is 0 Å². The van der Waals surface area contributed by atoms with Crippen LogP contribution in [-0.4, -0.2) is 41.4 Å². The molecule has 0 saturated heterocycles. The number of ketones is 1. The lowest BCUT2D eigenvalue weighted by molar-refractivity contribution is -0.118. The smallest absolute Gasteiger partial charge is 0.161 e. The van der Waals surface area contributed by atoms with E-state index < -0.39 is 12.2 Å². The van der Waals surface area contributed by atoms with Crippen molar-refractivity contribution in [2.24, 2.45) is 17.8 Å². The molecular weight excluding hydrogens is 256 g/mol. The van der Waals surface area contributed by atoms with Gasteiger partial charge < -0.3 is 14.9 Å². The largest absolute Gasteiger partial charge is 0.392 e. The van der Waals surface area contributed by atoms with Crippen molar-refractivity contribution in [3.63, 3.8) is 0 Å². The lowest BCUT2D eigenvalue weighted by Gasteiger charge is -2.16. The first kappa shape index (κ1) is 15.4. The van der Waals surface area contributed by atoms with Crippen LogP contribution in [0.15, 0.2) is 24.3 Å². The predicted molar refractivity (Wildman–Crippen MR) is 76.1 cm³/mol. The minimum atomic E-state index is -0.513. The van der Waals surface area contributed by atoms with Crippen LogP contribution < -0.4 is 0 Å². The fourth-order valence-electron chi connectivity index (χ4n) is 3.36. The Morgan fingerprint density at radius 1 is 1.55 bits per heavy atom. The second-order valence-corrected chi connectivity index (χ2v) is 5.80. The van der Waals surface area contributed by atoms with Crippen molar-refractivity contribution in [3.05, 3.63) is 24.3 Å². The van der Waals surface area contributed by atoms with Gasteiger partial charge >= 0.3 is 0 Å². The highest BCUT2D eigenvalue weighted by Crippen LogP contribution is 2.48. The topological polar surface area (TPSA) is 66.8 Å². The third kappa shape index (κ3) is 3.19. The number of aliphatic hydroxyl groups excluding tert-OH is 2. The van der Waals surface area contributed by atoms with Crippen molar-refractivity contribution in [2.75, 3.05) is 13.2 Å². The van der Waals surface area contributed by atoms with Gasteiger partial charge in [0, 0.05) is 18.4 Å². The summed E-state index contributed by atoms with van der Waals surface area (Å²) in [7, 11) is 0. The number of hydrogen-bond acceptors (Lipinski definition) is 4. The van der Waals surface area contributed by atoms with E-state index >= 15 is 0 Å². The van der Waals surface area contributed by atoms with Crippen LogP contribution in [0, 0.1) is 17.8 Å². The molecule has 2 saturated carbocycles. The summed E-state index contributed by atoms with van der Waals surface area (Å²) in [4.78, 5) is 11.9. The summed E-state index contributed by atoms with van der Waals surface area (Å²) in [6.07, 6.45) is 4.62. The summed E-state index contributed by atoms with van der Waals surface area (Å²) in [6, 6.07) is 0. The number of carbonyl (C=O) groups excluding carboxylic acids is 1. The van der Waals surface area contributed by atoms with Crippen LogP contribution in [0.4, 0.5) is 0 Å². The number of Topliss-reactive ketones (excluding diaryl/α,β-unsaturated/α-hetero) is 1. The molecule has 5 atom stereocenters. The van der Waals surface area contributed by atoms with Gasteiger partial charge in [0.25, 0.3) is 0 Å². The van der Waals surface area contributed by atoms with E-state index in [1.54, 1.807) is 0 Å². The first-order chi connectivity index (χ1) is 9.54. The van der Waals surface area contributed by atoms with Crippen molar-refractivity contribution in [1.82, 2.24) is 0 Å². The maximum absolute atomic E-state index is 11.9. The molecule has 2 rings (SSSR count). The zero-order chi connectivity index (χ0) is 14.7. The average Bonchev–Trinajstić information content (AvgIpc) is 2.86. The van der Waals surface area contributed by atoms with Crippen molar-refractivity contribution < 1.29 is 19.7 Å². The molecule has 4 heteroatoms. The van der Waals surface area contributed by atoms with Gasteiger partial charge in [-0.05, 0) is 37.7 Å². The molecule has 0 aromatic carbocycles. The Balaban J connectivity index is 1.89.